The van der Waals surface area contributed by atoms with Crippen LogP contribution in [-0.4, -0.2) is 49.6 Å². The lowest BCUT2D eigenvalue weighted by Crippen LogP contribution is -2.35. The smallest absolute Gasteiger partial charge is 0.223 e. The predicted molar refractivity (Wildman–Crippen MR) is 116 cm³/mol. The quantitative estimate of drug-likeness (QED) is 0.558. The highest BCUT2D eigenvalue weighted by molar-refractivity contribution is 5.95. The summed E-state index contributed by atoms with van der Waals surface area (Å²) in [4.78, 5) is 11.8. The Morgan fingerprint density at radius 1 is 1.17 bits per heavy atom. The number of rotatable bonds is 3. The van der Waals surface area contributed by atoms with E-state index in [4.69, 9.17) is 20.6 Å². The average molecular weight is 406 g/mol. The summed E-state index contributed by atoms with van der Waals surface area (Å²) in [6, 6.07) is 5.79. The van der Waals surface area contributed by atoms with Crippen LogP contribution in [0.2, 0.25) is 0 Å². The van der Waals surface area contributed by atoms with E-state index >= 15 is 0 Å². The van der Waals surface area contributed by atoms with Crippen molar-refractivity contribution in [1.29, 1.82) is 0 Å². The lowest BCUT2D eigenvalue weighted by molar-refractivity contribution is 0.419. The van der Waals surface area contributed by atoms with E-state index in [0.717, 1.165) is 48.5 Å². The second kappa shape index (κ2) is 6.86. The molecule has 5 rings (SSSR count). The minimum atomic E-state index is 0.220. The van der Waals surface area contributed by atoms with Crippen LogP contribution < -0.4 is 15.4 Å². The Hall–Kier alpha value is -3.36. The van der Waals surface area contributed by atoms with Crippen LogP contribution in [0, 0.1) is 13.8 Å². The molecule has 4 heterocycles. The Bertz CT molecular complexity index is 1260. The van der Waals surface area contributed by atoms with Gasteiger partial charge in [0.1, 0.15) is 11.3 Å². The van der Waals surface area contributed by atoms with Crippen LogP contribution in [0.25, 0.3) is 16.6 Å². The van der Waals surface area contributed by atoms with Crippen LogP contribution in [0.3, 0.4) is 0 Å². The maximum atomic E-state index is 6.22. The van der Waals surface area contributed by atoms with Crippen LogP contribution in [0.1, 0.15) is 36.0 Å². The van der Waals surface area contributed by atoms with Gasteiger partial charge in [-0.15, -0.1) is 5.10 Å². The molecule has 1 saturated heterocycles. The third kappa shape index (κ3) is 2.76. The third-order valence-corrected chi connectivity index (χ3v) is 6.10. The van der Waals surface area contributed by atoms with Gasteiger partial charge in [-0.3, -0.25) is 4.68 Å². The van der Waals surface area contributed by atoms with Gasteiger partial charge in [0.25, 0.3) is 0 Å². The minimum Gasteiger partial charge on any atom is -0.494 e. The van der Waals surface area contributed by atoms with Gasteiger partial charge in [0.15, 0.2) is 11.5 Å². The van der Waals surface area contributed by atoms with Gasteiger partial charge in [-0.1, -0.05) is 6.07 Å². The normalized spacial score (nSPS) is 17.2. The van der Waals surface area contributed by atoms with Gasteiger partial charge < -0.3 is 15.4 Å². The number of nitrogen functional groups attached to an aromatic ring is 1. The average Bonchev–Trinajstić information content (AvgIpc) is 3.30. The highest BCUT2D eigenvalue weighted by Gasteiger charge is 2.28. The van der Waals surface area contributed by atoms with Crippen LogP contribution in [-0.2, 0) is 7.05 Å². The minimum absolute atomic E-state index is 0.220. The number of methoxy groups -OCH3 is 1. The maximum Gasteiger partial charge on any atom is 0.223 e. The summed E-state index contributed by atoms with van der Waals surface area (Å²) < 4.78 is 9.05. The van der Waals surface area contributed by atoms with Crippen molar-refractivity contribution in [3.05, 3.63) is 35.4 Å². The van der Waals surface area contributed by atoms with Crippen molar-refractivity contribution in [2.24, 2.45) is 7.05 Å². The number of hydrogen-bond donors (Lipinski definition) is 1. The number of ether oxygens (including phenoxy) is 1. The van der Waals surface area contributed by atoms with Crippen molar-refractivity contribution in [1.82, 2.24) is 29.4 Å². The second-order valence-corrected chi connectivity index (χ2v) is 7.96. The van der Waals surface area contributed by atoms with E-state index in [1.165, 1.54) is 11.4 Å². The van der Waals surface area contributed by atoms with Gasteiger partial charge in [-0.25, -0.2) is 9.97 Å². The van der Waals surface area contributed by atoms with Crippen molar-refractivity contribution < 1.29 is 4.74 Å². The Morgan fingerprint density at radius 3 is 2.73 bits per heavy atom. The number of aromatic nitrogens is 6. The Kier molecular flexibility index (Phi) is 4.27. The Balaban J connectivity index is 1.56. The van der Waals surface area contributed by atoms with Gasteiger partial charge in [0, 0.05) is 31.4 Å². The molecule has 1 atom stereocenters. The number of aryl methyl sites for hydroxylation is 2. The predicted octanol–water partition coefficient (Wildman–Crippen LogP) is 2.60. The fourth-order valence-corrected chi connectivity index (χ4v) is 4.59. The molecule has 0 aliphatic carbocycles. The fraction of sp³-hybridized carbons (Fsp3) is 0.429. The van der Waals surface area contributed by atoms with Crippen molar-refractivity contribution >= 4 is 28.2 Å². The summed E-state index contributed by atoms with van der Waals surface area (Å²) in [6.45, 7) is 6.06. The maximum absolute atomic E-state index is 6.22. The molecule has 0 saturated carbocycles. The van der Waals surface area contributed by atoms with Gasteiger partial charge >= 0.3 is 0 Å². The van der Waals surface area contributed by atoms with Crippen LogP contribution in [0.4, 0.5) is 11.6 Å². The summed E-state index contributed by atoms with van der Waals surface area (Å²) in [6.07, 6.45) is 2.12. The zero-order valence-electron chi connectivity index (χ0n) is 17.8. The molecule has 9 heteroatoms. The van der Waals surface area contributed by atoms with E-state index in [0.29, 0.717) is 17.2 Å². The van der Waals surface area contributed by atoms with Crippen molar-refractivity contribution in [3.63, 3.8) is 0 Å². The first-order chi connectivity index (χ1) is 14.5. The SMILES string of the molecule is COc1cccc2c1nc(N)n1nc([C@@H]3CCCN(c4c(C)nn(C)c4C)C3)nc21. The molecular formula is C21H26N8O. The molecule has 0 amide bonds. The fourth-order valence-electron chi connectivity index (χ4n) is 4.59. The topological polar surface area (TPSA) is 99.4 Å². The summed E-state index contributed by atoms with van der Waals surface area (Å²) >= 11 is 0. The molecule has 1 aliphatic heterocycles. The summed E-state index contributed by atoms with van der Waals surface area (Å²) in [5, 5.41) is 10.2. The zero-order valence-corrected chi connectivity index (χ0v) is 17.8. The summed E-state index contributed by atoms with van der Waals surface area (Å²) in [5.74, 6) is 2.02. The highest BCUT2D eigenvalue weighted by atomic mass is 16.5. The van der Waals surface area contributed by atoms with Gasteiger partial charge in [0.05, 0.1) is 24.2 Å². The van der Waals surface area contributed by atoms with Gasteiger partial charge in [-0.05, 0) is 38.8 Å². The molecule has 1 aromatic carbocycles. The van der Waals surface area contributed by atoms with Crippen molar-refractivity contribution in [2.45, 2.75) is 32.6 Å². The van der Waals surface area contributed by atoms with Gasteiger partial charge in [-0.2, -0.15) is 9.61 Å². The first-order valence-corrected chi connectivity index (χ1v) is 10.2. The van der Waals surface area contributed by atoms with E-state index < -0.39 is 0 Å². The molecule has 156 valence electrons. The molecule has 0 bridgehead atoms. The van der Waals surface area contributed by atoms with Crippen LogP contribution in [0.5, 0.6) is 5.75 Å². The van der Waals surface area contributed by atoms with E-state index in [9.17, 15) is 0 Å². The van der Waals surface area contributed by atoms with Crippen LogP contribution in [0.15, 0.2) is 18.2 Å². The Morgan fingerprint density at radius 2 is 2.00 bits per heavy atom. The number of anilines is 2. The molecule has 30 heavy (non-hydrogen) atoms. The summed E-state index contributed by atoms with van der Waals surface area (Å²) in [5.41, 5.74) is 11.1. The molecule has 3 aromatic heterocycles. The monoisotopic (exact) mass is 406 g/mol. The number of para-hydroxylation sites is 1. The number of hydrogen-bond acceptors (Lipinski definition) is 7. The zero-order chi connectivity index (χ0) is 21.0. The molecule has 9 nitrogen and oxygen atoms in total. The van der Waals surface area contributed by atoms with E-state index in [1.807, 2.05) is 29.9 Å². The number of nitrogens with two attached hydrogens (primary N) is 1. The first kappa shape index (κ1) is 18.7. The lowest BCUT2D eigenvalue weighted by Gasteiger charge is -2.33. The molecule has 0 spiro atoms. The summed E-state index contributed by atoms with van der Waals surface area (Å²) in [7, 11) is 3.62. The molecule has 1 aliphatic rings. The number of benzene rings is 1. The lowest BCUT2D eigenvalue weighted by atomic mass is 9.96. The van der Waals surface area contributed by atoms with Crippen molar-refractivity contribution in [2.75, 3.05) is 30.8 Å². The van der Waals surface area contributed by atoms with E-state index in [1.54, 1.807) is 11.6 Å². The number of nitrogens with zero attached hydrogens (tertiary/aromatic N) is 7. The molecule has 2 N–H and O–H groups in total. The Labute approximate surface area is 174 Å². The largest absolute Gasteiger partial charge is 0.494 e. The van der Waals surface area contributed by atoms with Gasteiger partial charge in [0.2, 0.25) is 5.95 Å². The standard InChI is InChI=1S/C21H26N8O/c1-12-18(13(2)27(3)25-12)28-10-6-7-14(11-28)19-24-20-15-8-5-9-16(30-4)17(15)23-21(22)29(20)26-19/h5,8-9,14H,6-7,10-11H2,1-4H3,(H2,22,23)/t14-/m1/s1. The number of fused-ring (bicyclic) bond motifs is 3. The number of piperidine rings is 1. The second-order valence-electron chi connectivity index (χ2n) is 7.96. The van der Waals surface area contributed by atoms with E-state index in [-0.39, 0.29) is 5.92 Å². The van der Waals surface area contributed by atoms with Crippen molar-refractivity contribution in [3.8, 4) is 5.75 Å². The molecule has 1 fully saturated rings. The molecule has 4 aromatic rings. The molecular weight excluding hydrogens is 380 g/mol. The first-order valence-electron chi connectivity index (χ1n) is 10.2. The van der Waals surface area contributed by atoms with Crippen LogP contribution >= 0.6 is 0 Å². The molecule has 0 radical (unpaired) electrons. The highest BCUT2D eigenvalue weighted by Crippen LogP contribution is 2.33. The van der Waals surface area contributed by atoms with E-state index in [2.05, 4.69) is 28.8 Å². The molecule has 0 unspecified atom stereocenters. The third-order valence-electron chi connectivity index (χ3n) is 6.10.